The number of nitrogens with one attached hydrogen (secondary N) is 2. The van der Waals surface area contributed by atoms with Crippen LogP contribution in [0.3, 0.4) is 0 Å². The quantitative estimate of drug-likeness (QED) is 0.871. The fourth-order valence-corrected chi connectivity index (χ4v) is 2.59. The fraction of sp³-hybridized carbons (Fsp3) is 0.467. The van der Waals surface area contributed by atoms with Crippen molar-refractivity contribution < 1.29 is 4.74 Å². The molecule has 1 atom stereocenters. The maximum Gasteiger partial charge on any atom is 0.0645 e. The molecule has 0 aliphatic carbocycles. The van der Waals surface area contributed by atoms with Gasteiger partial charge in [0.2, 0.25) is 0 Å². The molecule has 0 radical (unpaired) electrons. The number of hydrogen-bond donors (Lipinski definition) is 2. The Labute approximate surface area is 108 Å². The molecule has 1 aromatic carbocycles. The molecule has 3 nitrogen and oxygen atoms in total. The molecule has 0 bridgehead atoms. The summed E-state index contributed by atoms with van der Waals surface area (Å²) in [5, 5.41) is 4.90. The first-order valence-corrected chi connectivity index (χ1v) is 6.64. The molecule has 1 saturated heterocycles. The van der Waals surface area contributed by atoms with Crippen LogP contribution >= 0.6 is 0 Å². The zero-order valence-electron chi connectivity index (χ0n) is 10.8. The molecule has 18 heavy (non-hydrogen) atoms. The Morgan fingerprint density at radius 2 is 2.33 bits per heavy atom. The average Bonchev–Trinajstić information content (AvgIpc) is 2.85. The van der Waals surface area contributed by atoms with E-state index in [2.05, 4.69) is 41.5 Å². The van der Waals surface area contributed by atoms with Gasteiger partial charge in [-0.1, -0.05) is 12.1 Å². The first-order valence-electron chi connectivity index (χ1n) is 6.64. The maximum atomic E-state index is 5.56. The molecule has 0 amide bonds. The van der Waals surface area contributed by atoms with Crippen LogP contribution in [0.15, 0.2) is 30.5 Å². The Morgan fingerprint density at radius 3 is 3.17 bits per heavy atom. The van der Waals surface area contributed by atoms with E-state index in [9.17, 15) is 0 Å². The lowest BCUT2D eigenvalue weighted by Crippen LogP contribution is -2.48. The third-order valence-electron chi connectivity index (χ3n) is 3.78. The molecule has 2 heterocycles. The van der Waals surface area contributed by atoms with Crippen LogP contribution in [0.2, 0.25) is 0 Å². The van der Waals surface area contributed by atoms with E-state index in [0.717, 1.165) is 26.2 Å². The van der Waals surface area contributed by atoms with Crippen molar-refractivity contribution >= 4 is 10.9 Å². The monoisotopic (exact) mass is 244 g/mol. The first kappa shape index (κ1) is 11.8. The number of H-pyrrole nitrogens is 1. The molecule has 2 aromatic rings. The van der Waals surface area contributed by atoms with Crippen LogP contribution in [-0.4, -0.2) is 23.7 Å². The minimum absolute atomic E-state index is 0.128. The second-order valence-electron chi connectivity index (χ2n) is 5.47. The third-order valence-corrected chi connectivity index (χ3v) is 3.78. The molecular formula is C15H20N2O. The molecule has 96 valence electrons. The summed E-state index contributed by atoms with van der Waals surface area (Å²) in [4.78, 5) is 3.25. The van der Waals surface area contributed by atoms with Crippen molar-refractivity contribution in [2.75, 3.05) is 13.2 Å². The summed E-state index contributed by atoms with van der Waals surface area (Å²) in [6.45, 7) is 4.87. The second-order valence-corrected chi connectivity index (χ2v) is 5.47. The number of aromatic amines is 1. The summed E-state index contributed by atoms with van der Waals surface area (Å²) in [7, 11) is 0. The number of aromatic nitrogens is 1. The number of ether oxygens (including phenoxy) is 1. The van der Waals surface area contributed by atoms with Gasteiger partial charge in [0.1, 0.15) is 0 Å². The van der Waals surface area contributed by atoms with E-state index in [1.165, 1.54) is 22.9 Å². The summed E-state index contributed by atoms with van der Waals surface area (Å²) in [6, 6.07) is 8.68. The Kier molecular flexibility index (Phi) is 3.10. The Hall–Kier alpha value is -1.32. The summed E-state index contributed by atoms with van der Waals surface area (Å²) in [5.41, 5.74) is 2.65. The van der Waals surface area contributed by atoms with Crippen molar-refractivity contribution in [1.29, 1.82) is 0 Å². The number of benzene rings is 1. The van der Waals surface area contributed by atoms with E-state index in [0.29, 0.717) is 0 Å². The largest absolute Gasteiger partial charge is 0.380 e. The van der Waals surface area contributed by atoms with Crippen LogP contribution in [0.1, 0.15) is 25.3 Å². The average molecular weight is 244 g/mol. The van der Waals surface area contributed by atoms with Crippen molar-refractivity contribution in [3.8, 4) is 0 Å². The van der Waals surface area contributed by atoms with Gasteiger partial charge in [-0.3, -0.25) is 0 Å². The molecular weight excluding hydrogens is 224 g/mol. The molecule has 1 aliphatic rings. The zero-order chi connectivity index (χ0) is 12.4. The van der Waals surface area contributed by atoms with Crippen molar-refractivity contribution in [2.24, 2.45) is 0 Å². The molecule has 1 aromatic heterocycles. The van der Waals surface area contributed by atoms with Crippen LogP contribution in [0.4, 0.5) is 0 Å². The van der Waals surface area contributed by atoms with Gasteiger partial charge in [-0.15, -0.1) is 0 Å². The SMILES string of the molecule is CC1(NCc2ccc3cc[nH]c3c2)CCCOC1. The summed E-state index contributed by atoms with van der Waals surface area (Å²) in [5.74, 6) is 0. The van der Waals surface area contributed by atoms with Crippen LogP contribution in [0.5, 0.6) is 0 Å². The van der Waals surface area contributed by atoms with Gasteiger partial charge in [-0.25, -0.2) is 0 Å². The van der Waals surface area contributed by atoms with E-state index in [-0.39, 0.29) is 5.54 Å². The third kappa shape index (κ3) is 2.42. The summed E-state index contributed by atoms with van der Waals surface area (Å²) < 4.78 is 5.56. The van der Waals surface area contributed by atoms with Gasteiger partial charge in [-0.2, -0.15) is 0 Å². The highest BCUT2D eigenvalue weighted by molar-refractivity contribution is 5.79. The van der Waals surface area contributed by atoms with Crippen LogP contribution in [-0.2, 0) is 11.3 Å². The molecule has 0 spiro atoms. The van der Waals surface area contributed by atoms with Crippen molar-refractivity contribution in [3.63, 3.8) is 0 Å². The van der Waals surface area contributed by atoms with Crippen LogP contribution in [0.25, 0.3) is 10.9 Å². The van der Waals surface area contributed by atoms with Crippen molar-refractivity contribution in [2.45, 2.75) is 31.8 Å². The molecule has 1 unspecified atom stereocenters. The molecule has 3 rings (SSSR count). The van der Waals surface area contributed by atoms with Crippen molar-refractivity contribution in [1.82, 2.24) is 10.3 Å². The van der Waals surface area contributed by atoms with Crippen LogP contribution < -0.4 is 5.32 Å². The molecule has 1 aliphatic heterocycles. The van der Waals surface area contributed by atoms with Crippen LogP contribution in [0, 0.1) is 0 Å². The second kappa shape index (κ2) is 4.75. The van der Waals surface area contributed by atoms with E-state index < -0.39 is 0 Å². The lowest BCUT2D eigenvalue weighted by molar-refractivity contribution is 0.0278. The fourth-order valence-electron chi connectivity index (χ4n) is 2.59. The highest BCUT2D eigenvalue weighted by Crippen LogP contribution is 2.20. The first-order chi connectivity index (χ1) is 8.75. The predicted octanol–water partition coefficient (Wildman–Crippen LogP) is 2.83. The zero-order valence-corrected chi connectivity index (χ0v) is 10.8. The van der Waals surface area contributed by atoms with Gasteiger partial charge in [0.05, 0.1) is 6.61 Å². The standard InChI is InChI=1S/C15H20N2O/c1-15(6-2-8-18-11-15)17-10-12-3-4-13-5-7-16-14(13)9-12/h3-5,7,9,16-17H,2,6,8,10-11H2,1H3. The minimum atomic E-state index is 0.128. The minimum Gasteiger partial charge on any atom is -0.380 e. The van der Waals surface area contributed by atoms with Gasteiger partial charge in [0.15, 0.2) is 0 Å². The Bertz CT molecular complexity index is 526. The van der Waals surface area contributed by atoms with E-state index in [4.69, 9.17) is 4.74 Å². The maximum absolute atomic E-state index is 5.56. The Morgan fingerprint density at radius 1 is 1.39 bits per heavy atom. The highest BCUT2D eigenvalue weighted by Gasteiger charge is 2.26. The highest BCUT2D eigenvalue weighted by atomic mass is 16.5. The van der Waals surface area contributed by atoms with Gasteiger partial charge in [0.25, 0.3) is 0 Å². The summed E-state index contributed by atoms with van der Waals surface area (Å²) in [6.07, 6.45) is 4.33. The van der Waals surface area contributed by atoms with E-state index >= 15 is 0 Å². The normalized spacial score (nSPS) is 24.5. The van der Waals surface area contributed by atoms with Gasteiger partial charge >= 0.3 is 0 Å². The topological polar surface area (TPSA) is 37.0 Å². The molecule has 1 fully saturated rings. The summed E-state index contributed by atoms with van der Waals surface area (Å²) >= 11 is 0. The number of rotatable bonds is 3. The van der Waals surface area contributed by atoms with E-state index in [1.807, 2.05) is 6.20 Å². The number of fused-ring (bicyclic) bond motifs is 1. The number of hydrogen-bond acceptors (Lipinski definition) is 2. The molecule has 0 saturated carbocycles. The lowest BCUT2D eigenvalue weighted by Gasteiger charge is -2.34. The molecule has 2 N–H and O–H groups in total. The predicted molar refractivity (Wildman–Crippen MR) is 73.6 cm³/mol. The van der Waals surface area contributed by atoms with Crippen molar-refractivity contribution in [3.05, 3.63) is 36.0 Å². The van der Waals surface area contributed by atoms with Gasteiger partial charge in [-0.05, 0) is 42.8 Å². The van der Waals surface area contributed by atoms with Gasteiger partial charge in [0, 0.05) is 30.4 Å². The van der Waals surface area contributed by atoms with Gasteiger partial charge < -0.3 is 15.0 Å². The molecule has 3 heteroatoms. The smallest absolute Gasteiger partial charge is 0.0645 e. The Balaban J connectivity index is 1.68. The van der Waals surface area contributed by atoms with E-state index in [1.54, 1.807) is 0 Å². The lowest BCUT2D eigenvalue weighted by atomic mass is 9.94.